The summed E-state index contributed by atoms with van der Waals surface area (Å²) in [5.74, 6) is 10.5. The Hall–Kier alpha value is -1.14. The summed E-state index contributed by atoms with van der Waals surface area (Å²) < 4.78 is 5.90. The van der Waals surface area contributed by atoms with E-state index in [-0.39, 0.29) is 23.7 Å². The molecule has 0 heterocycles. The third kappa shape index (κ3) is 3.92. The maximum atomic E-state index is 13.2. The highest BCUT2D eigenvalue weighted by Gasteiger charge is 2.62. The molecule has 0 aliphatic heterocycles. The zero-order valence-electron chi connectivity index (χ0n) is 20.1. The number of carbonyl (C=O) groups excluding carboxylic acids is 1. The van der Waals surface area contributed by atoms with Crippen LogP contribution in [0.4, 0.5) is 0 Å². The quantitative estimate of drug-likeness (QED) is 0.287. The number of nitrogens with two attached hydrogens (primary N) is 2. The molecule has 0 aromatic rings. The van der Waals surface area contributed by atoms with Crippen molar-refractivity contribution >= 4 is 11.6 Å². The molecule has 4 aliphatic rings. The van der Waals surface area contributed by atoms with Crippen molar-refractivity contribution in [3.63, 3.8) is 0 Å². The number of ketones is 1. The second-order valence-electron chi connectivity index (χ2n) is 11.7. The molecule has 0 bridgehead atoms. The van der Waals surface area contributed by atoms with Gasteiger partial charge in [0.25, 0.3) is 0 Å². The lowest BCUT2D eigenvalue weighted by molar-refractivity contribution is -0.154. The van der Waals surface area contributed by atoms with Gasteiger partial charge in [-0.1, -0.05) is 20.3 Å². The van der Waals surface area contributed by atoms with E-state index in [0.717, 1.165) is 43.1 Å². The van der Waals surface area contributed by atoms with E-state index in [9.17, 15) is 4.79 Å². The van der Waals surface area contributed by atoms with E-state index >= 15 is 0 Å². The van der Waals surface area contributed by atoms with Gasteiger partial charge in [-0.2, -0.15) is 0 Å². The first-order chi connectivity index (χ1) is 14.7. The Balaban J connectivity index is 1.53. The van der Waals surface area contributed by atoms with Crippen molar-refractivity contribution in [3.05, 3.63) is 0 Å². The molecule has 0 aromatic heterocycles. The fourth-order valence-corrected chi connectivity index (χ4v) is 8.85. The molecule has 176 valence electrons. The third-order valence-corrected chi connectivity index (χ3v) is 10.0. The molecular weight excluding hydrogens is 388 g/mol. The fraction of sp³-hybridized carbons (Fsp3) is 0.920. The van der Waals surface area contributed by atoms with E-state index in [1.54, 1.807) is 6.92 Å². The van der Waals surface area contributed by atoms with Crippen LogP contribution in [0.15, 0.2) is 5.10 Å². The van der Waals surface area contributed by atoms with Crippen LogP contribution >= 0.6 is 0 Å². The summed E-state index contributed by atoms with van der Waals surface area (Å²) in [6.45, 7) is 7.61. The number of fused-ring (bicyclic) bond motifs is 5. The van der Waals surface area contributed by atoms with Gasteiger partial charge in [-0.3, -0.25) is 4.79 Å². The Morgan fingerprint density at radius 1 is 1.13 bits per heavy atom. The number of hydrazine groups is 1. The fourth-order valence-electron chi connectivity index (χ4n) is 8.85. The van der Waals surface area contributed by atoms with Crippen molar-refractivity contribution in [3.8, 4) is 0 Å². The predicted octanol–water partition coefficient (Wildman–Crippen LogP) is 3.94. The molecule has 4 aliphatic carbocycles. The van der Waals surface area contributed by atoms with Crippen LogP contribution in [0.5, 0.6) is 0 Å². The summed E-state index contributed by atoms with van der Waals surface area (Å²) in [6, 6.07) is 0. The average molecular weight is 433 g/mol. The number of rotatable bonds is 6. The van der Waals surface area contributed by atoms with Gasteiger partial charge in [0, 0.05) is 13.0 Å². The normalized spacial score (nSPS) is 44.9. The number of carbonyl (C=O) groups is 1. The lowest BCUT2D eigenvalue weighted by atomic mass is 9.44. The highest BCUT2D eigenvalue weighted by molar-refractivity contribution is 5.84. The van der Waals surface area contributed by atoms with Crippen molar-refractivity contribution in [2.45, 2.75) is 78.6 Å². The summed E-state index contributed by atoms with van der Waals surface area (Å²) in [5.41, 5.74) is 6.10. The van der Waals surface area contributed by atoms with Gasteiger partial charge in [0.05, 0.1) is 6.61 Å². The Labute approximate surface area is 188 Å². The van der Waals surface area contributed by atoms with Gasteiger partial charge in [0.15, 0.2) is 5.78 Å². The largest absolute Gasteiger partial charge is 0.386 e. The highest BCUT2D eigenvalue weighted by atomic mass is 16.5. The molecular formula is C25H44N4O2. The number of hydrogen-bond acceptors (Lipinski definition) is 5. The zero-order valence-corrected chi connectivity index (χ0v) is 20.1. The Kier molecular flexibility index (Phi) is 6.43. The number of methoxy groups -OCH3 is 1. The number of hydrazone groups is 1. The van der Waals surface area contributed by atoms with Crippen LogP contribution in [0.3, 0.4) is 0 Å². The minimum Gasteiger partial charge on any atom is -0.386 e. The van der Waals surface area contributed by atoms with E-state index < -0.39 is 0 Å². The molecule has 6 heteroatoms. The van der Waals surface area contributed by atoms with Crippen molar-refractivity contribution in [2.75, 3.05) is 20.3 Å². The van der Waals surface area contributed by atoms with Crippen LogP contribution in [-0.2, 0) is 9.53 Å². The molecule has 0 radical (unpaired) electrons. The predicted molar refractivity (Wildman–Crippen MR) is 124 cm³/mol. The van der Waals surface area contributed by atoms with Gasteiger partial charge in [0.1, 0.15) is 12.4 Å². The van der Waals surface area contributed by atoms with Gasteiger partial charge in [-0.25, -0.2) is 11.0 Å². The summed E-state index contributed by atoms with van der Waals surface area (Å²) in [4.78, 5) is 13.2. The standard InChI is InChI=1S/C25H44N4O2/c1-16-9-12-25(15-31-4)18(13-16)5-6-19-20-7-8-22(24(20,3)11-10-21(19)25)23(30)14-29(27)28-17(2)26/h16,18-22H,5-15,27H2,1-4H3,(H2,26,28). The van der Waals surface area contributed by atoms with Crippen LogP contribution in [0.2, 0.25) is 0 Å². The topological polar surface area (TPSA) is 93.9 Å². The number of nitrogens with zero attached hydrogens (tertiary/aromatic N) is 2. The first-order valence-corrected chi connectivity index (χ1v) is 12.6. The molecule has 0 spiro atoms. The Bertz CT molecular complexity index is 708. The van der Waals surface area contributed by atoms with Crippen molar-refractivity contribution in [1.29, 1.82) is 0 Å². The van der Waals surface area contributed by atoms with Crippen LogP contribution < -0.4 is 11.6 Å². The minimum atomic E-state index is 0.0975. The molecule has 0 aromatic carbocycles. The summed E-state index contributed by atoms with van der Waals surface area (Å²) in [5, 5.41) is 5.26. The lowest BCUT2D eigenvalue weighted by Gasteiger charge is -2.62. The molecule has 4 rings (SSSR count). The molecule has 4 fully saturated rings. The van der Waals surface area contributed by atoms with Gasteiger partial charge in [-0.05, 0) is 98.7 Å². The summed E-state index contributed by atoms with van der Waals surface area (Å²) in [6.07, 6.45) is 11.3. The monoisotopic (exact) mass is 432 g/mol. The van der Waals surface area contributed by atoms with E-state index in [1.165, 1.54) is 50.1 Å². The molecule has 8 unspecified atom stereocenters. The number of hydrogen-bond donors (Lipinski definition) is 2. The Morgan fingerprint density at radius 2 is 1.90 bits per heavy atom. The highest BCUT2D eigenvalue weighted by Crippen LogP contribution is 2.68. The third-order valence-electron chi connectivity index (χ3n) is 10.0. The number of Topliss-reactive ketones (excluding diaryl/α,β-unsaturated/α-hetero) is 1. The molecule has 6 nitrogen and oxygen atoms in total. The second-order valence-corrected chi connectivity index (χ2v) is 11.7. The second kappa shape index (κ2) is 8.66. The minimum absolute atomic E-state index is 0.0975. The van der Waals surface area contributed by atoms with Gasteiger partial charge < -0.3 is 10.5 Å². The SMILES string of the molecule is COCC12CCC(C)CC1CCC1C3CCC(C(=O)CN(N)/N=C(/C)N)C3(C)CCC12. The number of amidine groups is 1. The maximum absolute atomic E-state index is 13.2. The van der Waals surface area contributed by atoms with Crippen LogP contribution in [0, 0.1) is 46.3 Å². The van der Waals surface area contributed by atoms with Gasteiger partial charge >= 0.3 is 0 Å². The first kappa shape index (κ1) is 23.0. The van der Waals surface area contributed by atoms with E-state index in [2.05, 4.69) is 18.9 Å². The van der Waals surface area contributed by atoms with E-state index in [4.69, 9.17) is 16.3 Å². The number of ether oxygens (including phenoxy) is 1. The molecule has 8 atom stereocenters. The van der Waals surface area contributed by atoms with E-state index in [0.29, 0.717) is 17.2 Å². The zero-order chi connectivity index (χ0) is 22.4. The van der Waals surface area contributed by atoms with Crippen molar-refractivity contribution < 1.29 is 9.53 Å². The lowest BCUT2D eigenvalue weighted by Crippen LogP contribution is -2.56. The molecule has 4 saturated carbocycles. The van der Waals surface area contributed by atoms with Crippen LogP contribution in [0.1, 0.15) is 78.6 Å². The van der Waals surface area contributed by atoms with Crippen molar-refractivity contribution in [1.82, 2.24) is 5.12 Å². The summed E-state index contributed by atoms with van der Waals surface area (Å²) in [7, 11) is 1.90. The van der Waals surface area contributed by atoms with Gasteiger partial charge in [-0.15, -0.1) is 5.10 Å². The van der Waals surface area contributed by atoms with E-state index in [1.807, 2.05) is 7.11 Å². The maximum Gasteiger partial charge on any atom is 0.159 e. The molecule has 0 amide bonds. The molecule has 4 N–H and O–H groups in total. The summed E-state index contributed by atoms with van der Waals surface area (Å²) >= 11 is 0. The van der Waals surface area contributed by atoms with Gasteiger partial charge in [0.2, 0.25) is 0 Å². The average Bonchev–Trinajstić information content (AvgIpc) is 3.05. The first-order valence-electron chi connectivity index (χ1n) is 12.6. The van der Waals surface area contributed by atoms with Crippen LogP contribution in [0.25, 0.3) is 0 Å². The van der Waals surface area contributed by atoms with Crippen LogP contribution in [-0.4, -0.2) is 37.0 Å². The molecule has 31 heavy (non-hydrogen) atoms. The molecule has 0 saturated heterocycles. The Morgan fingerprint density at radius 3 is 2.61 bits per heavy atom. The smallest absolute Gasteiger partial charge is 0.159 e. The van der Waals surface area contributed by atoms with Crippen molar-refractivity contribution in [2.24, 2.45) is 63.0 Å².